The van der Waals surface area contributed by atoms with Crippen molar-refractivity contribution in [2.24, 2.45) is 14.1 Å². The Morgan fingerprint density at radius 3 is 1.53 bits per heavy atom. The molecule has 17 heavy (non-hydrogen) atoms. The average Bonchev–Trinajstić information content (AvgIpc) is 2.79. The molecule has 0 radical (unpaired) electrons. The second-order valence-electron chi connectivity index (χ2n) is 4.12. The molecule has 0 aliphatic heterocycles. The summed E-state index contributed by atoms with van der Waals surface area (Å²) in [6.45, 7) is 2.06. The Labute approximate surface area is 116 Å². The van der Waals surface area contributed by atoms with E-state index in [1.165, 1.54) is 8.65 Å². The molecular formula is C11H16N4Se2. The van der Waals surface area contributed by atoms with Crippen LogP contribution in [0.3, 0.4) is 0 Å². The topological polar surface area (TPSA) is 19.7 Å². The van der Waals surface area contributed by atoms with Crippen LogP contribution in [0.15, 0.2) is 24.8 Å². The number of hydrogen-bond donors (Lipinski definition) is 0. The molecule has 2 heterocycles. The normalized spacial score (nSPS) is 10.9. The Bertz CT molecular complexity index is 560. The van der Waals surface area contributed by atoms with Gasteiger partial charge in [0.25, 0.3) is 0 Å². The van der Waals surface area contributed by atoms with E-state index >= 15 is 0 Å². The number of nitrogens with zero attached hydrogens (tertiary/aromatic N) is 4. The van der Waals surface area contributed by atoms with Crippen LogP contribution in [0.25, 0.3) is 0 Å². The van der Waals surface area contributed by atoms with Gasteiger partial charge in [-0.05, 0) is 0 Å². The quantitative estimate of drug-likeness (QED) is 0.705. The second kappa shape index (κ2) is 5.40. The van der Waals surface area contributed by atoms with Gasteiger partial charge in [0.2, 0.25) is 0 Å². The van der Waals surface area contributed by atoms with Crippen LogP contribution in [0.5, 0.6) is 0 Å². The number of imidazole rings is 2. The third kappa shape index (κ3) is 2.83. The van der Waals surface area contributed by atoms with E-state index in [0.29, 0.717) is 0 Å². The first-order valence-electron chi connectivity index (χ1n) is 5.53. The molecule has 92 valence electrons. The first kappa shape index (κ1) is 12.9. The van der Waals surface area contributed by atoms with E-state index < -0.39 is 0 Å². The monoisotopic (exact) mass is 364 g/mol. The molecule has 0 aromatic carbocycles. The predicted octanol–water partition coefficient (Wildman–Crippen LogP) is 0.458. The molecule has 0 aliphatic rings. The van der Waals surface area contributed by atoms with E-state index in [9.17, 15) is 0 Å². The van der Waals surface area contributed by atoms with E-state index in [1.54, 1.807) is 0 Å². The van der Waals surface area contributed by atoms with E-state index in [-0.39, 0.29) is 0 Å². The molecule has 2 aromatic rings. The molecule has 6 heteroatoms. The van der Waals surface area contributed by atoms with Crippen LogP contribution in [0.4, 0.5) is 0 Å². The maximum absolute atomic E-state index is 3.09. The fourth-order valence-electron chi connectivity index (χ4n) is 1.77. The molecule has 0 saturated heterocycles. The fourth-order valence-corrected chi connectivity index (χ4v) is 2.67. The van der Waals surface area contributed by atoms with Crippen LogP contribution in [0.2, 0.25) is 0 Å². The van der Waals surface area contributed by atoms with Gasteiger partial charge >= 0.3 is 116 Å². The van der Waals surface area contributed by atoms with Crippen LogP contribution < -0.4 is 0 Å². The van der Waals surface area contributed by atoms with Crippen molar-refractivity contribution < 1.29 is 0 Å². The maximum atomic E-state index is 3.09. The molecule has 0 atom stereocenters. The fraction of sp³-hybridized carbons (Fsp3) is 0.455. The summed E-state index contributed by atoms with van der Waals surface area (Å²) in [5.41, 5.74) is 0. The van der Waals surface area contributed by atoms with Gasteiger partial charge in [0.05, 0.1) is 0 Å². The van der Waals surface area contributed by atoms with Gasteiger partial charge in [-0.3, -0.25) is 0 Å². The zero-order valence-electron chi connectivity index (χ0n) is 10.0. The van der Waals surface area contributed by atoms with Gasteiger partial charge in [-0.15, -0.1) is 0 Å². The summed E-state index contributed by atoms with van der Waals surface area (Å²) < 4.78 is 11.0. The van der Waals surface area contributed by atoms with Gasteiger partial charge in [-0.2, -0.15) is 0 Å². The van der Waals surface area contributed by atoms with Crippen molar-refractivity contribution in [2.75, 3.05) is 0 Å². The van der Waals surface area contributed by atoms with Gasteiger partial charge in [0.15, 0.2) is 0 Å². The summed E-state index contributed by atoms with van der Waals surface area (Å²) in [4.78, 5) is 0. The predicted molar refractivity (Wildman–Crippen MR) is 69.4 cm³/mol. The molecular weight excluding hydrogens is 346 g/mol. The second-order valence-corrected chi connectivity index (χ2v) is 5.66. The van der Waals surface area contributed by atoms with Crippen LogP contribution in [-0.4, -0.2) is 49.4 Å². The average molecular weight is 362 g/mol. The first-order valence-corrected chi connectivity index (χ1v) is 7.24. The van der Waals surface area contributed by atoms with Crippen molar-refractivity contribution in [3.8, 4) is 0 Å². The van der Waals surface area contributed by atoms with Crippen molar-refractivity contribution in [1.29, 1.82) is 0 Å². The molecule has 0 fully saturated rings. The van der Waals surface area contributed by atoms with Crippen molar-refractivity contribution in [3.05, 3.63) is 33.4 Å². The van der Waals surface area contributed by atoms with Crippen molar-refractivity contribution >= 4 is 31.2 Å². The molecule has 0 aliphatic carbocycles. The van der Waals surface area contributed by atoms with Gasteiger partial charge < -0.3 is 0 Å². The van der Waals surface area contributed by atoms with E-state index in [1.807, 2.05) is 14.1 Å². The third-order valence-electron chi connectivity index (χ3n) is 2.83. The summed E-state index contributed by atoms with van der Waals surface area (Å²) in [7, 11) is 4.10. The summed E-state index contributed by atoms with van der Waals surface area (Å²) in [6.07, 6.45) is 9.48. The van der Waals surface area contributed by atoms with Gasteiger partial charge in [-0.1, -0.05) is 0 Å². The molecule has 0 N–H and O–H groups in total. The van der Waals surface area contributed by atoms with E-state index in [0.717, 1.165) is 19.5 Å². The Hall–Kier alpha value is -0.541. The van der Waals surface area contributed by atoms with E-state index in [2.05, 4.69) is 74.2 Å². The number of aromatic nitrogens is 4. The minimum absolute atomic E-state index is 1.03. The molecule has 2 rings (SSSR count). The molecule has 0 unspecified atom stereocenters. The number of aryl methyl sites for hydroxylation is 4. The number of hydrogen-bond acceptors (Lipinski definition) is 0. The summed E-state index contributed by atoms with van der Waals surface area (Å²) in [5, 5.41) is 0. The molecule has 0 bridgehead atoms. The molecule has 0 spiro atoms. The van der Waals surface area contributed by atoms with Crippen LogP contribution in [0.1, 0.15) is 6.42 Å². The first-order chi connectivity index (χ1) is 8.09. The van der Waals surface area contributed by atoms with Gasteiger partial charge in [-0.25, -0.2) is 0 Å². The zero-order valence-corrected chi connectivity index (χ0v) is 13.5. The Kier molecular flexibility index (Phi) is 4.10. The summed E-state index contributed by atoms with van der Waals surface area (Å²) in [6, 6.07) is 0. The third-order valence-corrected chi connectivity index (χ3v) is 5.03. The van der Waals surface area contributed by atoms with Crippen molar-refractivity contribution in [2.45, 2.75) is 19.5 Å². The van der Waals surface area contributed by atoms with Gasteiger partial charge in [0, 0.05) is 0 Å². The molecule has 2 aromatic heterocycles. The molecule has 0 amide bonds. The van der Waals surface area contributed by atoms with Crippen molar-refractivity contribution in [1.82, 2.24) is 18.3 Å². The summed E-state index contributed by atoms with van der Waals surface area (Å²) in [5.74, 6) is 0. The van der Waals surface area contributed by atoms with Crippen LogP contribution in [0, 0.1) is 8.65 Å². The molecule has 4 nitrogen and oxygen atoms in total. The number of rotatable bonds is 4. The zero-order chi connectivity index (χ0) is 12.4. The minimum atomic E-state index is 1.03. The van der Waals surface area contributed by atoms with E-state index in [4.69, 9.17) is 0 Å². The Morgan fingerprint density at radius 1 is 0.824 bits per heavy atom. The van der Waals surface area contributed by atoms with Crippen LogP contribution >= 0.6 is 0 Å². The SMILES string of the molecule is Cn1ccn(CCCn2ccn(C)c2=[Se])c1=[Se]. The Balaban J connectivity index is 1.97. The standard InChI is InChI=1S/C11H16N4Se2/c1-12-6-8-14(10(12)16)4-3-5-15-9-7-13(2)11(15)17/h6-9H,3-5H2,1-2H3. The Morgan fingerprint density at radius 2 is 1.24 bits per heavy atom. The van der Waals surface area contributed by atoms with Gasteiger partial charge in [0.1, 0.15) is 0 Å². The molecule has 0 saturated carbocycles. The summed E-state index contributed by atoms with van der Waals surface area (Å²) >= 11 is 6.18. The van der Waals surface area contributed by atoms with Crippen LogP contribution in [-0.2, 0) is 27.2 Å². The van der Waals surface area contributed by atoms with Crippen molar-refractivity contribution in [3.63, 3.8) is 0 Å².